The van der Waals surface area contributed by atoms with Crippen LogP contribution in [0.15, 0.2) is 5.38 Å². The molecule has 0 amide bonds. The Hall–Kier alpha value is -0.650. The lowest BCUT2D eigenvalue weighted by Gasteiger charge is -2.37. The molecule has 1 unspecified atom stereocenters. The van der Waals surface area contributed by atoms with Gasteiger partial charge in [0.15, 0.2) is 5.13 Å². The van der Waals surface area contributed by atoms with Gasteiger partial charge in [0.1, 0.15) is 0 Å². The smallest absolute Gasteiger partial charge is 0.185 e. The molecule has 1 N–H and O–H groups in total. The van der Waals surface area contributed by atoms with E-state index in [1.165, 1.54) is 23.7 Å². The van der Waals surface area contributed by atoms with Crippen LogP contribution in [0.4, 0.5) is 5.13 Å². The number of anilines is 1. The fraction of sp³-hybridized carbons (Fsp3) is 0.800. The molecule has 1 aromatic heterocycles. The van der Waals surface area contributed by atoms with E-state index in [-0.39, 0.29) is 0 Å². The third kappa shape index (κ3) is 4.17. The molecule has 20 heavy (non-hydrogen) atoms. The van der Waals surface area contributed by atoms with Crippen LogP contribution in [0.2, 0.25) is 0 Å². The number of piperazine rings is 1. The first-order valence-electron chi connectivity index (χ1n) is 7.88. The highest BCUT2D eigenvalue weighted by molar-refractivity contribution is 7.13. The monoisotopic (exact) mass is 296 g/mol. The highest BCUT2D eigenvalue weighted by atomic mass is 32.1. The fourth-order valence-corrected chi connectivity index (χ4v) is 3.41. The Labute approximate surface area is 127 Å². The molecule has 2 heterocycles. The molecule has 0 aromatic carbocycles. The highest BCUT2D eigenvalue weighted by Gasteiger charge is 2.21. The number of hydrogen-bond donors (Lipinski definition) is 1. The van der Waals surface area contributed by atoms with Crippen molar-refractivity contribution in [3.05, 3.63) is 11.1 Å². The quantitative estimate of drug-likeness (QED) is 0.784. The molecular formula is C15H28N4S. The molecule has 0 saturated carbocycles. The number of rotatable bonds is 7. The molecule has 1 fully saturated rings. The Balaban J connectivity index is 1.81. The second-order valence-corrected chi connectivity index (χ2v) is 6.42. The van der Waals surface area contributed by atoms with Crippen LogP contribution in [0.3, 0.4) is 0 Å². The first kappa shape index (κ1) is 15.7. The van der Waals surface area contributed by atoms with Crippen molar-refractivity contribution in [3.8, 4) is 0 Å². The van der Waals surface area contributed by atoms with E-state index in [1.807, 2.05) is 0 Å². The molecule has 0 bridgehead atoms. The molecule has 2 rings (SSSR count). The largest absolute Gasteiger partial charge is 0.346 e. The number of thiazole rings is 1. The summed E-state index contributed by atoms with van der Waals surface area (Å²) in [6.45, 7) is 13.3. The lowest BCUT2D eigenvalue weighted by Crippen LogP contribution is -2.49. The summed E-state index contributed by atoms with van der Waals surface area (Å²) >= 11 is 1.79. The minimum absolute atomic E-state index is 0.710. The Bertz CT molecular complexity index is 385. The van der Waals surface area contributed by atoms with Gasteiger partial charge in [0.05, 0.1) is 5.69 Å². The van der Waals surface area contributed by atoms with E-state index in [2.05, 4.69) is 41.3 Å². The van der Waals surface area contributed by atoms with Gasteiger partial charge in [-0.1, -0.05) is 13.8 Å². The number of hydrogen-bond acceptors (Lipinski definition) is 5. The minimum atomic E-state index is 0.710. The summed E-state index contributed by atoms with van der Waals surface area (Å²) in [6.07, 6.45) is 2.42. The Morgan fingerprint density at radius 3 is 2.70 bits per heavy atom. The van der Waals surface area contributed by atoms with Crippen LogP contribution in [-0.2, 0) is 6.54 Å². The van der Waals surface area contributed by atoms with Crippen molar-refractivity contribution in [3.63, 3.8) is 0 Å². The third-order valence-electron chi connectivity index (χ3n) is 4.07. The molecule has 1 aromatic rings. The normalized spacial score (nSPS) is 18.4. The zero-order valence-corrected chi connectivity index (χ0v) is 13.9. The lowest BCUT2D eigenvalue weighted by molar-refractivity contribution is 0.193. The molecule has 1 atom stereocenters. The summed E-state index contributed by atoms with van der Waals surface area (Å²) in [4.78, 5) is 9.79. The van der Waals surface area contributed by atoms with Crippen LogP contribution in [0.25, 0.3) is 0 Å². The van der Waals surface area contributed by atoms with Gasteiger partial charge in [-0.2, -0.15) is 0 Å². The van der Waals surface area contributed by atoms with Crippen molar-refractivity contribution in [1.82, 2.24) is 15.2 Å². The van der Waals surface area contributed by atoms with E-state index in [9.17, 15) is 0 Å². The predicted molar refractivity (Wildman–Crippen MR) is 87.7 cm³/mol. The SMILES string of the molecule is CCCNCc1csc(N2CCN(C(C)CC)CC2)n1. The number of nitrogens with zero attached hydrogens (tertiary/aromatic N) is 3. The van der Waals surface area contributed by atoms with Gasteiger partial charge >= 0.3 is 0 Å². The summed E-state index contributed by atoms with van der Waals surface area (Å²) in [5.74, 6) is 0. The van der Waals surface area contributed by atoms with Gasteiger partial charge in [0, 0.05) is 44.1 Å². The molecule has 0 radical (unpaired) electrons. The third-order valence-corrected chi connectivity index (χ3v) is 5.02. The average Bonchev–Trinajstić information content (AvgIpc) is 2.96. The maximum absolute atomic E-state index is 4.76. The molecule has 0 aliphatic carbocycles. The summed E-state index contributed by atoms with van der Waals surface area (Å²) < 4.78 is 0. The first-order chi connectivity index (χ1) is 9.74. The van der Waals surface area contributed by atoms with Crippen molar-refractivity contribution in [2.45, 2.75) is 46.2 Å². The molecule has 1 aliphatic heterocycles. The van der Waals surface area contributed by atoms with Gasteiger partial charge in [0.2, 0.25) is 0 Å². The van der Waals surface area contributed by atoms with Crippen molar-refractivity contribution in [1.29, 1.82) is 0 Å². The van der Waals surface area contributed by atoms with Crippen LogP contribution in [0.1, 0.15) is 39.3 Å². The Kier molecular flexibility index (Phi) is 6.26. The highest BCUT2D eigenvalue weighted by Crippen LogP contribution is 2.22. The lowest BCUT2D eigenvalue weighted by atomic mass is 10.2. The predicted octanol–water partition coefficient (Wildman–Crippen LogP) is 2.56. The Morgan fingerprint density at radius 1 is 1.30 bits per heavy atom. The summed E-state index contributed by atoms with van der Waals surface area (Å²) in [7, 11) is 0. The molecule has 1 aliphatic rings. The van der Waals surface area contributed by atoms with Gasteiger partial charge in [-0.15, -0.1) is 11.3 Å². The molecular weight excluding hydrogens is 268 g/mol. The first-order valence-corrected chi connectivity index (χ1v) is 8.76. The van der Waals surface area contributed by atoms with Gasteiger partial charge in [-0.25, -0.2) is 4.98 Å². The van der Waals surface area contributed by atoms with E-state index < -0.39 is 0 Å². The van der Waals surface area contributed by atoms with E-state index >= 15 is 0 Å². The van der Waals surface area contributed by atoms with E-state index in [0.29, 0.717) is 6.04 Å². The van der Waals surface area contributed by atoms with E-state index in [4.69, 9.17) is 4.98 Å². The molecule has 5 heteroatoms. The zero-order valence-electron chi connectivity index (χ0n) is 13.1. The molecule has 4 nitrogen and oxygen atoms in total. The van der Waals surface area contributed by atoms with Crippen molar-refractivity contribution in [2.24, 2.45) is 0 Å². The van der Waals surface area contributed by atoms with Crippen molar-refractivity contribution < 1.29 is 0 Å². The molecule has 0 spiro atoms. The Morgan fingerprint density at radius 2 is 2.05 bits per heavy atom. The van der Waals surface area contributed by atoms with Crippen molar-refractivity contribution >= 4 is 16.5 Å². The maximum atomic E-state index is 4.76. The summed E-state index contributed by atoms with van der Waals surface area (Å²) in [5.41, 5.74) is 1.18. The molecule has 1 saturated heterocycles. The number of aromatic nitrogens is 1. The van der Waals surface area contributed by atoms with Gasteiger partial charge in [-0.3, -0.25) is 4.90 Å². The average molecular weight is 296 g/mol. The van der Waals surface area contributed by atoms with Crippen molar-refractivity contribution in [2.75, 3.05) is 37.6 Å². The second-order valence-electron chi connectivity index (χ2n) is 5.58. The van der Waals surface area contributed by atoms with Crippen LogP contribution in [0.5, 0.6) is 0 Å². The molecule has 114 valence electrons. The van der Waals surface area contributed by atoms with Crippen LogP contribution < -0.4 is 10.2 Å². The second kappa shape index (κ2) is 7.96. The maximum Gasteiger partial charge on any atom is 0.185 e. The van der Waals surface area contributed by atoms with Gasteiger partial charge in [-0.05, 0) is 26.3 Å². The van der Waals surface area contributed by atoms with Crippen LogP contribution in [0, 0.1) is 0 Å². The number of nitrogens with one attached hydrogen (secondary N) is 1. The van der Waals surface area contributed by atoms with Gasteiger partial charge in [0.25, 0.3) is 0 Å². The van der Waals surface area contributed by atoms with E-state index in [0.717, 1.165) is 39.3 Å². The minimum Gasteiger partial charge on any atom is -0.346 e. The topological polar surface area (TPSA) is 31.4 Å². The zero-order chi connectivity index (χ0) is 14.4. The summed E-state index contributed by atoms with van der Waals surface area (Å²) in [5, 5.41) is 6.80. The standard InChI is InChI=1S/C15H28N4S/c1-4-6-16-11-14-12-20-15(17-14)19-9-7-18(8-10-19)13(3)5-2/h12-13,16H,4-11H2,1-3H3. The summed E-state index contributed by atoms with van der Waals surface area (Å²) in [6, 6.07) is 0.710. The van der Waals surface area contributed by atoms with Gasteiger partial charge < -0.3 is 10.2 Å². The van der Waals surface area contributed by atoms with Crippen LogP contribution >= 0.6 is 11.3 Å². The fourth-order valence-electron chi connectivity index (χ4n) is 2.53. The van der Waals surface area contributed by atoms with Crippen LogP contribution in [-0.4, -0.2) is 48.6 Å². The van der Waals surface area contributed by atoms with E-state index in [1.54, 1.807) is 11.3 Å².